The molecule has 1 aliphatic heterocycles. The number of rotatable bonds is 3. The van der Waals surface area contributed by atoms with E-state index in [2.05, 4.69) is 47.5 Å². The number of amides is 1. The molecule has 1 amide bonds. The fourth-order valence-corrected chi connectivity index (χ4v) is 4.58. The molecule has 2 aromatic carbocycles. The second kappa shape index (κ2) is 8.99. The first kappa shape index (κ1) is 20.7. The molecule has 1 heterocycles. The number of likely N-dealkylation sites (tertiary alicyclic amines) is 1. The summed E-state index contributed by atoms with van der Waals surface area (Å²) >= 11 is 1.82. The van der Waals surface area contributed by atoms with Crippen LogP contribution in [0.15, 0.2) is 47.5 Å². The molecule has 150 valence electrons. The van der Waals surface area contributed by atoms with Crippen LogP contribution in [0.3, 0.4) is 0 Å². The van der Waals surface area contributed by atoms with Crippen molar-refractivity contribution in [3.05, 3.63) is 48.0 Å². The van der Waals surface area contributed by atoms with E-state index in [4.69, 9.17) is 4.74 Å². The molecule has 0 atom stereocenters. The number of benzene rings is 2. The van der Waals surface area contributed by atoms with Gasteiger partial charge < -0.3 is 9.64 Å². The molecule has 1 fully saturated rings. The van der Waals surface area contributed by atoms with Crippen LogP contribution in [-0.2, 0) is 10.5 Å². The molecule has 0 aromatic heterocycles. The number of carbonyl (C=O) groups is 1. The number of ether oxygens (including phenoxy) is 1. The largest absolute Gasteiger partial charge is 0.444 e. The lowest BCUT2D eigenvalue weighted by Gasteiger charge is -2.33. The van der Waals surface area contributed by atoms with Crippen molar-refractivity contribution in [3.8, 4) is 0 Å². The van der Waals surface area contributed by atoms with Crippen molar-refractivity contribution in [2.75, 3.05) is 20.1 Å². The molecule has 0 unspecified atom stereocenters. The fourth-order valence-electron chi connectivity index (χ4n) is 3.49. The maximum atomic E-state index is 12.2. The summed E-state index contributed by atoms with van der Waals surface area (Å²) in [6.45, 7) is 7.18. The van der Waals surface area contributed by atoms with Crippen molar-refractivity contribution in [2.24, 2.45) is 10.9 Å². The van der Waals surface area contributed by atoms with Gasteiger partial charge >= 0.3 is 6.09 Å². The van der Waals surface area contributed by atoms with Gasteiger partial charge in [0.05, 0.1) is 5.04 Å². The van der Waals surface area contributed by atoms with Crippen molar-refractivity contribution in [2.45, 2.75) is 45.0 Å². The summed E-state index contributed by atoms with van der Waals surface area (Å²) in [7, 11) is 1.88. The molecule has 0 aliphatic carbocycles. The lowest BCUT2D eigenvalue weighted by molar-refractivity contribution is 0.0202. The summed E-state index contributed by atoms with van der Waals surface area (Å²) in [5, 5.41) is 3.74. The van der Waals surface area contributed by atoms with Crippen molar-refractivity contribution in [1.29, 1.82) is 0 Å². The van der Waals surface area contributed by atoms with Crippen LogP contribution in [0.2, 0.25) is 0 Å². The van der Waals surface area contributed by atoms with Crippen LogP contribution in [0.25, 0.3) is 10.8 Å². The molecule has 0 spiro atoms. The molecule has 5 heteroatoms. The lowest BCUT2D eigenvalue weighted by Crippen LogP contribution is -2.42. The number of fused-ring (bicyclic) bond motifs is 1. The maximum Gasteiger partial charge on any atom is 0.410 e. The average molecular weight is 399 g/mol. The van der Waals surface area contributed by atoms with Crippen molar-refractivity contribution in [3.63, 3.8) is 0 Å². The zero-order chi connectivity index (χ0) is 20.1. The smallest absolute Gasteiger partial charge is 0.410 e. The maximum absolute atomic E-state index is 12.2. The number of piperidine rings is 1. The molecule has 1 saturated heterocycles. The Morgan fingerprint density at radius 2 is 1.82 bits per heavy atom. The van der Waals surface area contributed by atoms with Crippen molar-refractivity contribution < 1.29 is 9.53 Å². The van der Waals surface area contributed by atoms with Gasteiger partial charge in [-0.05, 0) is 49.9 Å². The Labute approximate surface area is 172 Å². The zero-order valence-electron chi connectivity index (χ0n) is 17.3. The van der Waals surface area contributed by atoms with Gasteiger partial charge in [-0.1, -0.05) is 42.5 Å². The molecule has 0 bridgehead atoms. The van der Waals surface area contributed by atoms with Gasteiger partial charge in [-0.25, -0.2) is 4.79 Å². The molecular formula is C23H30N2O2S. The summed E-state index contributed by atoms with van der Waals surface area (Å²) in [6, 6.07) is 15.1. The molecule has 1 aliphatic rings. The molecule has 0 N–H and O–H groups in total. The monoisotopic (exact) mass is 398 g/mol. The Morgan fingerprint density at radius 3 is 2.46 bits per heavy atom. The number of aliphatic imine (C=N–C) groups is 1. The molecule has 0 saturated carbocycles. The van der Waals surface area contributed by atoms with E-state index in [-0.39, 0.29) is 6.09 Å². The van der Waals surface area contributed by atoms with Gasteiger partial charge in [-0.3, -0.25) is 4.99 Å². The minimum atomic E-state index is -0.445. The zero-order valence-corrected chi connectivity index (χ0v) is 18.1. The normalized spacial score (nSPS) is 16.4. The van der Waals surface area contributed by atoms with Crippen LogP contribution in [-0.4, -0.2) is 41.8 Å². The number of hydrogen-bond acceptors (Lipinski definition) is 4. The third-order valence-electron chi connectivity index (χ3n) is 4.92. The number of thioether (sulfide) groups is 1. The quantitative estimate of drug-likeness (QED) is 0.488. The van der Waals surface area contributed by atoms with Gasteiger partial charge in [-0.15, -0.1) is 11.8 Å². The van der Waals surface area contributed by atoms with E-state index in [9.17, 15) is 4.79 Å². The van der Waals surface area contributed by atoms with Gasteiger partial charge in [0, 0.05) is 31.8 Å². The second-order valence-electron chi connectivity index (χ2n) is 8.27. The standard InChI is InChI=1S/C23H30N2O2S/c1-23(2,3)27-22(26)25-13-11-19(12-14-25)21(24-4)28-16-17-9-10-18-7-5-6-8-20(18)15-17/h5-10,15,19H,11-14,16H2,1-4H3. The summed E-state index contributed by atoms with van der Waals surface area (Å²) < 4.78 is 5.49. The van der Waals surface area contributed by atoms with Crippen LogP contribution < -0.4 is 0 Å². The van der Waals surface area contributed by atoms with E-state index in [0.717, 1.165) is 31.7 Å². The van der Waals surface area contributed by atoms with Crippen molar-refractivity contribution >= 4 is 33.7 Å². The minimum absolute atomic E-state index is 0.204. The summed E-state index contributed by atoms with van der Waals surface area (Å²) in [5.74, 6) is 1.35. The Morgan fingerprint density at radius 1 is 1.14 bits per heavy atom. The summed E-state index contributed by atoms with van der Waals surface area (Å²) in [6.07, 6.45) is 1.68. The van der Waals surface area contributed by atoms with Gasteiger partial charge in [0.1, 0.15) is 5.60 Å². The Balaban J connectivity index is 1.54. The third-order valence-corrected chi connectivity index (χ3v) is 6.21. The summed E-state index contributed by atoms with van der Waals surface area (Å²) in [4.78, 5) is 18.6. The van der Waals surface area contributed by atoms with Gasteiger partial charge in [0.15, 0.2) is 0 Å². The Hall–Kier alpha value is -2.01. The Bertz CT molecular complexity index is 849. The number of hydrogen-bond donors (Lipinski definition) is 0. The predicted molar refractivity (Wildman–Crippen MR) is 119 cm³/mol. The summed E-state index contributed by atoms with van der Waals surface area (Å²) in [5.41, 5.74) is 0.871. The highest BCUT2D eigenvalue weighted by molar-refractivity contribution is 8.13. The van der Waals surface area contributed by atoms with E-state index < -0.39 is 5.60 Å². The van der Waals surface area contributed by atoms with Gasteiger partial charge in [0.2, 0.25) is 0 Å². The van der Waals surface area contributed by atoms with Crippen LogP contribution in [0.4, 0.5) is 4.79 Å². The first-order chi connectivity index (χ1) is 13.4. The first-order valence-corrected chi connectivity index (χ1v) is 10.9. The third kappa shape index (κ3) is 5.51. The van der Waals surface area contributed by atoms with Crippen LogP contribution >= 0.6 is 11.8 Å². The van der Waals surface area contributed by atoms with Crippen molar-refractivity contribution in [1.82, 2.24) is 4.90 Å². The lowest BCUT2D eigenvalue weighted by atomic mass is 9.98. The first-order valence-electron chi connectivity index (χ1n) is 9.91. The molecule has 28 heavy (non-hydrogen) atoms. The number of nitrogens with zero attached hydrogens (tertiary/aromatic N) is 2. The van der Waals surface area contributed by atoms with Crippen LogP contribution in [0.5, 0.6) is 0 Å². The van der Waals surface area contributed by atoms with E-state index >= 15 is 0 Å². The second-order valence-corrected chi connectivity index (χ2v) is 9.27. The van der Waals surface area contributed by atoms with E-state index in [1.165, 1.54) is 21.4 Å². The highest BCUT2D eigenvalue weighted by atomic mass is 32.2. The highest BCUT2D eigenvalue weighted by Gasteiger charge is 2.28. The highest BCUT2D eigenvalue weighted by Crippen LogP contribution is 2.28. The molecule has 0 radical (unpaired) electrons. The van der Waals surface area contributed by atoms with Gasteiger partial charge in [-0.2, -0.15) is 0 Å². The molecule has 4 nitrogen and oxygen atoms in total. The van der Waals surface area contributed by atoms with Gasteiger partial charge in [0.25, 0.3) is 0 Å². The number of carbonyl (C=O) groups excluding carboxylic acids is 1. The van der Waals surface area contributed by atoms with Crippen LogP contribution in [0, 0.1) is 5.92 Å². The molecular weight excluding hydrogens is 368 g/mol. The van der Waals surface area contributed by atoms with E-state index in [0.29, 0.717) is 5.92 Å². The topological polar surface area (TPSA) is 41.9 Å². The fraction of sp³-hybridized carbons (Fsp3) is 0.478. The minimum Gasteiger partial charge on any atom is -0.444 e. The Kier molecular flexibility index (Phi) is 6.65. The van der Waals surface area contributed by atoms with Crippen LogP contribution in [0.1, 0.15) is 39.2 Å². The van der Waals surface area contributed by atoms with E-state index in [1.54, 1.807) is 0 Å². The van der Waals surface area contributed by atoms with E-state index in [1.807, 2.05) is 44.5 Å². The SMILES string of the molecule is CN=C(SCc1ccc2ccccc2c1)C1CCN(C(=O)OC(C)(C)C)CC1. The molecule has 2 aromatic rings. The average Bonchev–Trinajstić information content (AvgIpc) is 2.67. The molecule has 3 rings (SSSR count). The predicted octanol–water partition coefficient (Wildman–Crippen LogP) is 5.75.